The SMILES string of the molecule is NNc1ccnc(C(=O)N2CCCCC2CO)c1. The Bertz CT molecular complexity index is 424. The van der Waals surface area contributed by atoms with E-state index in [4.69, 9.17) is 5.84 Å². The molecule has 98 valence electrons. The molecule has 0 radical (unpaired) electrons. The third-order valence-corrected chi connectivity index (χ3v) is 3.24. The molecule has 1 aliphatic heterocycles. The van der Waals surface area contributed by atoms with Crippen LogP contribution in [0, 0.1) is 0 Å². The van der Waals surface area contributed by atoms with Crippen molar-refractivity contribution in [3.8, 4) is 0 Å². The van der Waals surface area contributed by atoms with Gasteiger partial charge in [0.15, 0.2) is 0 Å². The number of nitrogens with one attached hydrogen (secondary N) is 1. The fourth-order valence-electron chi connectivity index (χ4n) is 2.24. The van der Waals surface area contributed by atoms with Gasteiger partial charge in [0.2, 0.25) is 0 Å². The number of rotatable bonds is 3. The Balaban J connectivity index is 2.18. The average Bonchev–Trinajstić information content (AvgIpc) is 2.46. The van der Waals surface area contributed by atoms with Gasteiger partial charge < -0.3 is 15.4 Å². The lowest BCUT2D eigenvalue weighted by Gasteiger charge is -2.34. The van der Waals surface area contributed by atoms with Gasteiger partial charge in [0.25, 0.3) is 5.91 Å². The van der Waals surface area contributed by atoms with Gasteiger partial charge in [-0.3, -0.25) is 15.6 Å². The third-order valence-electron chi connectivity index (χ3n) is 3.24. The van der Waals surface area contributed by atoms with E-state index in [-0.39, 0.29) is 18.6 Å². The second kappa shape index (κ2) is 5.79. The molecule has 1 aromatic heterocycles. The number of hydrogen-bond donors (Lipinski definition) is 3. The van der Waals surface area contributed by atoms with Crippen molar-refractivity contribution in [2.24, 2.45) is 5.84 Å². The molecule has 1 unspecified atom stereocenters. The molecular weight excluding hydrogens is 232 g/mol. The number of amides is 1. The first kappa shape index (κ1) is 12.8. The first-order valence-corrected chi connectivity index (χ1v) is 6.10. The quantitative estimate of drug-likeness (QED) is 0.532. The van der Waals surface area contributed by atoms with Crippen LogP contribution in [0.2, 0.25) is 0 Å². The Morgan fingerprint density at radius 2 is 2.44 bits per heavy atom. The number of carbonyl (C=O) groups is 1. The van der Waals surface area contributed by atoms with Gasteiger partial charge in [0.05, 0.1) is 18.3 Å². The van der Waals surface area contributed by atoms with Crippen molar-refractivity contribution in [3.63, 3.8) is 0 Å². The predicted molar refractivity (Wildman–Crippen MR) is 67.8 cm³/mol. The molecule has 2 heterocycles. The number of aromatic nitrogens is 1. The zero-order valence-electron chi connectivity index (χ0n) is 10.2. The van der Waals surface area contributed by atoms with Gasteiger partial charge >= 0.3 is 0 Å². The summed E-state index contributed by atoms with van der Waals surface area (Å²) in [5.41, 5.74) is 3.49. The van der Waals surface area contributed by atoms with E-state index in [0.717, 1.165) is 19.3 Å². The molecule has 6 heteroatoms. The lowest BCUT2D eigenvalue weighted by Crippen LogP contribution is -2.45. The number of hydrazine groups is 1. The molecule has 0 spiro atoms. The number of anilines is 1. The Labute approximate surface area is 106 Å². The number of aliphatic hydroxyl groups excluding tert-OH is 1. The summed E-state index contributed by atoms with van der Waals surface area (Å²) in [6.45, 7) is 0.673. The summed E-state index contributed by atoms with van der Waals surface area (Å²) >= 11 is 0. The molecular formula is C12H18N4O2. The number of carbonyl (C=O) groups excluding carboxylic acids is 1. The average molecular weight is 250 g/mol. The summed E-state index contributed by atoms with van der Waals surface area (Å²) < 4.78 is 0. The fourth-order valence-corrected chi connectivity index (χ4v) is 2.24. The van der Waals surface area contributed by atoms with Crippen molar-refractivity contribution in [2.75, 3.05) is 18.6 Å². The van der Waals surface area contributed by atoms with E-state index in [9.17, 15) is 9.90 Å². The van der Waals surface area contributed by atoms with Gasteiger partial charge in [-0.1, -0.05) is 0 Å². The van der Waals surface area contributed by atoms with Crippen molar-refractivity contribution in [2.45, 2.75) is 25.3 Å². The van der Waals surface area contributed by atoms with E-state index in [1.54, 1.807) is 23.2 Å². The van der Waals surface area contributed by atoms with Gasteiger partial charge in [-0.15, -0.1) is 0 Å². The number of pyridine rings is 1. The highest BCUT2D eigenvalue weighted by molar-refractivity contribution is 5.93. The minimum absolute atomic E-state index is 0.000565. The number of nitrogens with two attached hydrogens (primary N) is 1. The van der Waals surface area contributed by atoms with Crippen molar-refractivity contribution < 1.29 is 9.90 Å². The first-order chi connectivity index (χ1) is 8.76. The number of nitrogen functional groups attached to an aromatic ring is 1. The number of hydrogen-bond acceptors (Lipinski definition) is 5. The number of likely N-dealkylation sites (tertiary alicyclic amines) is 1. The standard InChI is InChI=1S/C12H18N4O2/c13-15-9-4-5-14-11(7-9)12(18)16-6-2-1-3-10(16)8-17/h4-5,7,10,17H,1-3,6,8,13H2,(H,14,15). The van der Waals surface area contributed by atoms with Crippen LogP contribution >= 0.6 is 0 Å². The maximum absolute atomic E-state index is 12.3. The van der Waals surface area contributed by atoms with E-state index < -0.39 is 0 Å². The predicted octanol–water partition coefficient (Wildman–Crippen LogP) is 0.354. The van der Waals surface area contributed by atoms with Crippen LogP contribution in [0.1, 0.15) is 29.8 Å². The molecule has 0 bridgehead atoms. The molecule has 1 atom stereocenters. The van der Waals surface area contributed by atoms with Crippen LogP contribution in [0.3, 0.4) is 0 Å². The van der Waals surface area contributed by atoms with E-state index >= 15 is 0 Å². The summed E-state index contributed by atoms with van der Waals surface area (Å²) in [6.07, 6.45) is 4.40. The summed E-state index contributed by atoms with van der Waals surface area (Å²) in [7, 11) is 0. The lowest BCUT2D eigenvalue weighted by molar-refractivity contribution is 0.0497. The van der Waals surface area contributed by atoms with Crippen LogP contribution in [0.25, 0.3) is 0 Å². The molecule has 6 nitrogen and oxygen atoms in total. The van der Waals surface area contributed by atoms with E-state index in [1.807, 2.05) is 0 Å². The van der Waals surface area contributed by atoms with Crippen molar-refractivity contribution in [1.29, 1.82) is 0 Å². The van der Waals surface area contributed by atoms with E-state index in [1.165, 1.54) is 0 Å². The number of aliphatic hydroxyl groups is 1. The second-order valence-electron chi connectivity index (χ2n) is 4.40. The summed E-state index contributed by atoms with van der Waals surface area (Å²) in [5.74, 6) is 5.16. The van der Waals surface area contributed by atoms with Crippen LogP contribution in [0.15, 0.2) is 18.3 Å². The Morgan fingerprint density at radius 1 is 1.61 bits per heavy atom. The van der Waals surface area contributed by atoms with Crippen LogP contribution in [0.4, 0.5) is 5.69 Å². The Kier molecular flexibility index (Phi) is 4.11. The third kappa shape index (κ3) is 2.60. The zero-order chi connectivity index (χ0) is 13.0. The van der Waals surface area contributed by atoms with Crippen molar-refractivity contribution in [3.05, 3.63) is 24.0 Å². The monoisotopic (exact) mass is 250 g/mol. The van der Waals surface area contributed by atoms with Gasteiger partial charge in [0.1, 0.15) is 5.69 Å². The van der Waals surface area contributed by atoms with Crippen molar-refractivity contribution >= 4 is 11.6 Å². The first-order valence-electron chi connectivity index (χ1n) is 6.10. The second-order valence-corrected chi connectivity index (χ2v) is 4.40. The minimum atomic E-state index is -0.147. The van der Waals surface area contributed by atoms with Gasteiger partial charge in [-0.25, -0.2) is 0 Å². The molecule has 1 amide bonds. The molecule has 2 rings (SSSR count). The van der Waals surface area contributed by atoms with Crippen LogP contribution in [-0.4, -0.2) is 40.1 Å². The van der Waals surface area contributed by atoms with Crippen LogP contribution in [0.5, 0.6) is 0 Å². The van der Waals surface area contributed by atoms with Crippen LogP contribution in [-0.2, 0) is 0 Å². The maximum Gasteiger partial charge on any atom is 0.272 e. The molecule has 1 aliphatic rings. The fraction of sp³-hybridized carbons (Fsp3) is 0.500. The van der Waals surface area contributed by atoms with Crippen molar-refractivity contribution in [1.82, 2.24) is 9.88 Å². The highest BCUT2D eigenvalue weighted by atomic mass is 16.3. The zero-order valence-corrected chi connectivity index (χ0v) is 10.2. The molecule has 0 saturated carbocycles. The largest absolute Gasteiger partial charge is 0.394 e. The lowest BCUT2D eigenvalue weighted by atomic mass is 10.0. The van der Waals surface area contributed by atoms with Gasteiger partial charge in [-0.05, 0) is 31.4 Å². The van der Waals surface area contributed by atoms with E-state index in [2.05, 4.69) is 10.4 Å². The van der Waals surface area contributed by atoms with Crippen LogP contribution < -0.4 is 11.3 Å². The molecule has 0 aliphatic carbocycles. The molecule has 0 aromatic carbocycles. The number of nitrogens with zero attached hydrogens (tertiary/aromatic N) is 2. The van der Waals surface area contributed by atoms with E-state index in [0.29, 0.717) is 17.9 Å². The minimum Gasteiger partial charge on any atom is -0.394 e. The Morgan fingerprint density at radius 3 is 3.17 bits per heavy atom. The summed E-state index contributed by atoms with van der Waals surface area (Å²) in [4.78, 5) is 18.1. The normalized spacial score (nSPS) is 19.7. The molecule has 1 aromatic rings. The molecule has 1 fully saturated rings. The number of piperidine rings is 1. The van der Waals surface area contributed by atoms with Gasteiger partial charge in [0, 0.05) is 12.7 Å². The summed E-state index contributed by atoms with van der Waals surface area (Å²) in [5, 5.41) is 9.31. The van der Waals surface area contributed by atoms with Gasteiger partial charge in [-0.2, -0.15) is 0 Å². The topological polar surface area (TPSA) is 91.5 Å². The molecule has 1 saturated heterocycles. The summed E-state index contributed by atoms with van der Waals surface area (Å²) in [6, 6.07) is 3.21. The molecule has 18 heavy (non-hydrogen) atoms. The highest BCUT2D eigenvalue weighted by Crippen LogP contribution is 2.19. The smallest absolute Gasteiger partial charge is 0.272 e. The highest BCUT2D eigenvalue weighted by Gasteiger charge is 2.27. The Hall–Kier alpha value is -1.66. The molecule has 4 N–H and O–H groups in total. The maximum atomic E-state index is 12.3.